The normalized spacial score (nSPS) is 21.3. The lowest BCUT2D eigenvalue weighted by Gasteiger charge is -2.40. The summed E-state index contributed by atoms with van der Waals surface area (Å²) in [6, 6.07) is 14.5. The van der Waals surface area contributed by atoms with E-state index in [4.69, 9.17) is 4.42 Å². The molecule has 0 radical (unpaired) electrons. The molecular weight excluding hydrogens is 412 g/mol. The standard InChI is InChI=1S/C26H34N6O/c1-20-8-10-23(11-9-20)26-29-28-25(33-26)21(2)32-13-5-6-22(19-32)18-30-14-16-31(17-15-30)24-7-3-4-12-27-24/h3-4,7-12,21-22H,5-6,13-19H2,1-2H3. The fraction of sp³-hybridized carbons (Fsp3) is 0.500. The van der Waals surface area contributed by atoms with Gasteiger partial charge in [-0.3, -0.25) is 9.80 Å². The second-order valence-electron chi connectivity index (χ2n) is 9.47. The Morgan fingerprint density at radius 1 is 1.00 bits per heavy atom. The van der Waals surface area contributed by atoms with Crippen molar-refractivity contribution < 1.29 is 4.42 Å². The lowest BCUT2D eigenvalue weighted by atomic mass is 9.96. The van der Waals surface area contributed by atoms with Crippen molar-refractivity contribution in [1.82, 2.24) is 25.0 Å². The van der Waals surface area contributed by atoms with Crippen molar-refractivity contribution in [3.63, 3.8) is 0 Å². The quantitative estimate of drug-likeness (QED) is 0.566. The highest BCUT2D eigenvalue weighted by Crippen LogP contribution is 2.29. The first-order chi connectivity index (χ1) is 16.2. The number of aromatic nitrogens is 3. The summed E-state index contributed by atoms with van der Waals surface area (Å²) < 4.78 is 6.08. The Kier molecular flexibility index (Phi) is 6.69. The molecule has 2 fully saturated rings. The zero-order valence-electron chi connectivity index (χ0n) is 19.7. The monoisotopic (exact) mass is 446 g/mol. The van der Waals surface area contributed by atoms with E-state index >= 15 is 0 Å². The first-order valence-corrected chi connectivity index (χ1v) is 12.2. The fourth-order valence-corrected chi connectivity index (χ4v) is 5.04. The number of likely N-dealkylation sites (tertiary alicyclic amines) is 1. The lowest BCUT2D eigenvalue weighted by Crippen LogP contribution is -2.50. The van der Waals surface area contributed by atoms with Crippen molar-refractivity contribution in [2.75, 3.05) is 50.7 Å². The largest absolute Gasteiger partial charge is 0.419 e. The third-order valence-electron chi connectivity index (χ3n) is 7.06. The van der Waals surface area contributed by atoms with Gasteiger partial charge < -0.3 is 9.32 Å². The van der Waals surface area contributed by atoms with E-state index in [9.17, 15) is 0 Å². The number of piperazine rings is 1. The van der Waals surface area contributed by atoms with Gasteiger partial charge >= 0.3 is 0 Å². The van der Waals surface area contributed by atoms with Crippen LogP contribution in [0.1, 0.15) is 37.3 Å². The lowest BCUT2D eigenvalue weighted by molar-refractivity contribution is 0.0915. The first kappa shape index (κ1) is 22.0. The minimum absolute atomic E-state index is 0.139. The summed E-state index contributed by atoms with van der Waals surface area (Å²) in [5.74, 6) is 3.10. The summed E-state index contributed by atoms with van der Waals surface area (Å²) in [4.78, 5) is 12.0. The van der Waals surface area contributed by atoms with E-state index in [-0.39, 0.29) is 6.04 Å². The van der Waals surface area contributed by atoms with E-state index in [1.807, 2.05) is 24.4 Å². The molecule has 33 heavy (non-hydrogen) atoms. The van der Waals surface area contributed by atoms with Crippen LogP contribution in [0.3, 0.4) is 0 Å². The Morgan fingerprint density at radius 3 is 2.58 bits per heavy atom. The molecule has 0 spiro atoms. The second-order valence-corrected chi connectivity index (χ2v) is 9.47. The van der Waals surface area contributed by atoms with Gasteiger partial charge in [0.15, 0.2) is 0 Å². The van der Waals surface area contributed by atoms with Crippen molar-refractivity contribution in [3.8, 4) is 11.5 Å². The molecule has 174 valence electrons. The molecule has 2 atom stereocenters. The topological polar surface area (TPSA) is 61.5 Å². The number of pyridine rings is 1. The Morgan fingerprint density at radius 2 is 1.82 bits per heavy atom. The number of piperidine rings is 1. The summed E-state index contributed by atoms with van der Waals surface area (Å²) in [6.45, 7) is 11.9. The average Bonchev–Trinajstić information content (AvgIpc) is 3.36. The number of benzene rings is 1. The zero-order chi connectivity index (χ0) is 22.6. The van der Waals surface area contributed by atoms with Crippen LogP contribution in [-0.2, 0) is 0 Å². The molecule has 1 aromatic carbocycles. The Balaban J connectivity index is 1.15. The highest BCUT2D eigenvalue weighted by Gasteiger charge is 2.29. The number of aryl methyl sites for hydroxylation is 1. The van der Waals surface area contributed by atoms with Gasteiger partial charge in [0.25, 0.3) is 0 Å². The Labute approximate surface area is 196 Å². The molecule has 2 unspecified atom stereocenters. The Hall–Kier alpha value is -2.77. The summed E-state index contributed by atoms with van der Waals surface area (Å²) in [5.41, 5.74) is 2.21. The SMILES string of the molecule is Cc1ccc(-c2nnc(C(C)N3CCCC(CN4CCN(c5ccccn5)CC4)C3)o2)cc1. The molecule has 2 aromatic heterocycles. The molecule has 4 heterocycles. The molecule has 2 aliphatic rings. The van der Waals surface area contributed by atoms with Crippen LogP contribution in [0, 0.1) is 12.8 Å². The highest BCUT2D eigenvalue weighted by atomic mass is 16.4. The van der Waals surface area contributed by atoms with Crippen LogP contribution in [0.5, 0.6) is 0 Å². The van der Waals surface area contributed by atoms with Gasteiger partial charge in [0.05, 0.1) is 6.04 Å². The minimum atomic E-state index is 0.139. The maximum atomic E-state index is 6.08. The molecule has 0 saturated carbocycles. The number of nitrogens with zero attached hydrogens (tertiary/aromatic N) is 6. The van der Waals surface area contributed by atoms with Crippen molar-refractivity contribution in [2.45, 2.75) is 32.7 Å². The van der Waals surface area contributed by atoms with Crippen LogP contribution in [0.2, 0.25) is 0 Å². The minimum Gasteiger partial charge on any atom is -0.419 e. The molecule has 7 heteroatoms. The van der Waals surface area contributed by atoms with E-state index in [1.165, 1.54) is 18.4 Å². The van der Waals surface area contributed by atoms with Crippen molar-refractivity contribution in [1.29, 1.82) is 0 Å². The van der Waals surface area contributed by atoms with Crippen molar-refractivity contribution in [2.24, 2.45) is 5.92 Å². The predicted molar refractivity (Wildman–Crippen MR) is 130 cm³/mol. The molecule has 0 amide bonds. The fourth-order valence-electron chi connectivity index (χ4n) is 5.04. The summed E-state index contributed by atoms with van der Waals surface area (Å²) in [6.07, 6.45) is 4.40. The van der Waals surface area contributed by atoms with E-state index in [0.29, 0.717) is 11.8 Å². The van der Waals surface area contributed by atoms with Crippen LogP contribution >= 0.6 is 0 Å². The van der Waals surface area contributed by atoms with Crippen LogP contribution < -0.4 is 4.90 Å². The molecule has 2 aliphatic heterocycles. The van der Waals surface area contributed by atoms with Gasteiger partial charge in [0.2, 0.25) is 11.8 Å². The number of anilines is 1. The van der Waals surface area contributed by atoms with Gasteiger partial charge in [0, 0.05) is 51.0 Å². The van der Waals surface area contributed by atoms with Crippen LogP contribution in [-0.4, -0.2) is 70.8 Å². The molecular formula is C26H34N6O. The van der Waals surface area contributed by atoms with Gasteiger partial charge in [0.1, 0.15) is 5.82 Å². The molecule has 0 bridgehead atoms. The van der Waals surface area contributed by atoms with Crippen LogP contribution in [0.25, 0.3) is 11.5 Å². The molecule has 3 aromatic rings. The van der Waals surface area contributed by atoms with E-state index in [1.54, 1.807) is 0 Å². The van der Waals surface area contributed by atoms with Crippen LogP contribution in [0.15, 0.2) is 53.1 Å². The molecule has 5 rings (SSSR count). The maximum absolute atomic E-state index is 6.08. The summed E-state index contributed by atoms with van der Waals surface area (Å²) in [7, 11) is 0. The number of hydrogen-bond acceptors (Lipinski definition) is 7. The van der Waals surface area contributed by atoms with Gasteiger partial charge in [-0.25, -0.2) is 4.98 Å². The number of hydrogen-bond donors (Lipinski definition) is 0. The molecule has 0 aliphatic carbocycles. The summed E-state index contributed by atoms with van der Waals surface area (Å²) in [5, 5.41) is 8.70. The molecule has 2 saturated heterocycles. The van der Waals surface area contributed by atoms with E-state index < -0.39 is 0 Å². The number of rotatable bonds is 6. The van der Waals surface area contributed by atoms with Crippen molar-refractivity contribution >= 4 is 5.82 Å². The highest BCUT2D eigenvalue weighted by molar-refractivity contribution is 5.52. The smallest absolute Gasteiger partial charge is 0.247 e. The average molecular weight is 447 g/mol. The third kappa shape index (κ3) is 5.25. The van der Waals surface area contributed by atoms with Crippen LogP contribution in [0.4, 0.5) is 5.82 Å². The van der Waals surface area contributed by atoms with E-state index in [2.05, 4.69) is 68.0 Å². The van der Waals surface area contributed by atoms with Gasteiger partial charge in [-0.2, -0.15) is 0 Å². The van der Waals surface area contributed by atoms with Crippen molar-refractivity contribution in [3.05, 3.63) is 60.1 Å². The Bertz CT molecular complexity index is 1010. The zero-order valence-corrected chi connectivity index (χ0v) is 19.7. The summed E-state index contributed by atoms with van der Waals surface area (Å²) >= 11 is 0. The molecule has 7 nitrogen and oxygen atoms in total. The second kappa shape index (κ2) is 10.0. The van der Waals surface area contributed by atoms with Gasteiger partial charge in [-0.15, -0.1) is 10.2 Å². The van der Waals surface area contributed by atoms with E-state index in [0.717, 1.165) is 63.1 Å². The first-order valence-electron chi connectivity index (χ1n) is 12.2. The molecule has 0 N–H and O–H groups in total. The maximum Gasteiger partial charge on any atom is 0.247 e. The third-order valence-corrected chi connectivity index (χ3v) is 7.06. The van der Waals surface area contributed by atoms with Gasteiger partial charge in [-0.05, 0) is 63.4 Å². The predicted octanol–water partition coefficient (Wildman–Crippen LogP) is 4.04. The van der Waals surface area contributed by atoms with Gasteiger partial charge in [-0.1, -0.05) is 23.8 Å².